The summed E-state index contributed by atoms with van der Waals surface area (Å²) < 4.78 is 1.92. The first-order valence-electron chi connectivity index (χ1n) is 6.94. The molecule has 0 saturated heterocycles. The van der Waals surface area contributed by atoms with Gasteiger partial charge >= 0.3 is 0 Å². The number of nitrogens with one attached hydrogen (secondary N) is 1. The number of aromatic nitrogens is 2. The Morgan fingerprint density at radius 2 is 2.05 bits per heavy atom. The van der Waals surface area contributed by atoms with Crippen LogP contribution >= 0.6 is 0 Å². The Morgan fingerprint density at radius 3 is 2.71 bits per heavy atom. The Hall–Kier alpha value is -2.54. The van der Waals surface area contributed by atoms with E-state index in [0.29, 0.717) is 12.8 Å². The van der Waals surface area contributed by atoms with E-state index in [0.717, 1.165) is 22.6 Å². The number of carbonyl (C=O) groups excluding carboxylic acids is 1. The molecule has 0 spiro atoms. The maximum atomic E-state index is 11.6. The lowest BCUT2D eigenvalue weighted by molar-refractivity contribution is -0.120. The van der Waals surface area contributed by atoms with Crippen LogP contribution in [0.15, 0.2) is 30.3 Å². The molecule has 4 nitrogen and oxygen atoms in total. The molecule has 1 N–H and O–H groups in total. The number of hydrogen-bond donors (Lipinski definition) is 1. The van der Waals surface area contributed by atoms with Crippen molar-refractivity contribution >= 4 is 5.91 Å². The van der Waals surface area contributed by atoms with Crippen LogP contribution in [0.5, 0.6) is 0 Å². The highest BCUT2D eigenvalue weighted by Gasteiger charge is 2.13. The lowest BCUT2D eigenvalue weighted by Crippen LogP contribution is -2.23. The lowest BCUT2D eigenvalue weighted by Gasteiger charge is -2.05. The van der Waals surface area contributed by atoms with E-state index in [1.807, 2.05) is 48.9 Å². The van der Waals surface area contributed by atoms with E-state index in [4.69, 9.17) is 6.42 Å². The predicted molar refractivity (Wildman–Crippen MR) is 83.2 cm³/mol. The third kappa shape index (κ3) is 3.51. The maximum Gasteiger partial charge on any atom is 0.221 e. The van der Waals surface area contributed by atoms with Crippen LogP contribution in [0.3, 0.4) is 0 Å². The monoisotopic (exact) mass is 281 g/mol. The summed E-state index contributed by atoms with van der Waals surface area (Å²) in [4.78, 5) is 11.6. The predicted octanol–water partition coefficient (Wildman–Crippen LogP) is 2.17. The molecule has 2 aromatic rings. The Bertz CT molecular complexity index is 665. The van der Waals surface area contributed by atoms with Crippen molar-refractivity contribution in [2.24, 2.45) is 0 Å². The zero-order chi connectivity index (χ0) is 15.2. The quantitative estimate of drug-likeness (QED) is 0.854. The van der Waals surface area contributed by atoms with Gasteiger partial charge in [0.1, 0.15) is 0 Å². The number of carbonyl (C=O) groups is 1. The molecule has 0 aliphatic rings. The molecule has 0 bridgehead atoms. The van der Waals surface area contributed by atoms with Gasteiger partial charge in [0.05, 0.1) is 17.9 Å². The van der Waals surface area contributed by atoms with Crippen LogP contribution in [0, 0.1) is 26.2 Å². The van der Waals surface area contributed by atoms with E-state index < -0.39 is 0 Å². The van der Waals surface area contributed by atoms with Gasteiger partial charge in [0.2, 0.25) is 5.91 Å². The van der Waals surface area contributed by atoms with Crippen LogP contribution in [0.1, 0.15) is 23.4 Å². The van der Waals surface area contributed by atoms with Gasteiger partial charge in [-0.05, 0) is 38.0 Å². The van der Waals surface area contributed by atoms with Crippen LogP contribution in [0.2, 0.25) is 0 Å². The van der Waals surface area contributed by atoms with E-state index in [-0.39, 0.29) is 12.5 Å². The second-order valence-corrected chi connectivity index (χ2v) is 4.88. The summed E-state index contributed by atoms with van der Waals surface area (Å²) in [6, 6.07) is 9.98. The molecule has 1 aromatic heterocycles. The van der Waals surface area contributed by atoms with E-state index in [9.17, 15) is 4.79 Å². The Kier molecular flexibility index (Phi) is 4.78. The Labute approximate surface area is 125 Å². The van der Waals surface area contributed by atoms with Crippen LogP contribution in [0.25, 0.3) is 5.69 Å². The molecule has 108 valence electrons. The van der Waals surface area contributed by atoms with Crippen LogP contribution in [-0.2, 0) is 11.2 Å². The van der Waals surface area contributed by atoms with Crippen LogP contribution in [-0.4, -0.2) is 22.2 Å². The second-order valence-electron chi connectivity index (χ2n) is 4.88. The van der Waals surface area contributed by atoms with Crippen molar-refractivity contribution in [1.82, 2.24) is 15.1 Å². The minimum atomic E-state index is -0.0285. The lowest BCUT2D eigenvalue weighted by atomic mass is 10.1. The van der Waals surface area contributed by atoms with E-state index >= 15 is 0 Å². The molecule has 1 amide bonds. The number of nitrogens with zero attached hydrogens (tertiary/aromatic N) is 2. The average molecular weight is 281 g/mol. The zero-order valence-corrected chi connectivity index (χ0v) is 12.4. The average Bonchev–Trinajstić information content (AvgIpc) is 2.79. The fraction of sp³-hybridized carbons (Fsp3) is 0.294. The zero-order valence-electron chi connectivity index (χ0n) is 12.4. The number of para-hydroxylation sites is 1. The number of amides is 1. The second kappa shape index (κ2) is 6.76. The molecule has 1 heterocycles. The smallest absolute Gasteiger partial charge is 0.221 e. The van der Waals surface area contributed by atoms with E-state index in [2.05, 4.69) is 16.3 Å². The summed E-state index contributed by atoms with van der Waals surface area (Å²) in [7, 11) is 0. The fourth-order valence-corrected chi connectivity index (χ4v) is 2.33. The van der Waals surface area contributed by atoms with Gasteiger partial charge in [0.25, 0.3) is 0 Å². The topological polar surface area (TPSA) is 46.9 Å². The summed E-state index contributed by atoms with van der Waals surface area (Å²) >= 11 is 0. The molecule has 4 heteroatoms. The minimum absolute atomic E-state index is 0.0285. The van der Waals surface area contributed by atoms with Crippen molar-refractivity contribution in [3.05, 3.63) is 47.3 Å². The molecule has 0 saturated carbocycles. The molecule has 1 aromatic carbocycles. The molecule has 0 aliphatic carbocycles. The third-order valence-corrected chi connectivity index (χ3v) is 3.43. The fourth-order valence-electron chi connectivity index (χ4n) is 2.33. The minimum Gasteiger partial charge on any atom is -0.345 e. The highest BCUT2D eigenvalue weighted by atomic mass is 16.1. The SMILES string of the molecule is C#CCNC(=O)CCc1c(C)nn(-c2ccccc2)c1C. The van der Waals surface area contributed by atoms with Gasteiger partial charge in [0.15, 0.2) is 0 Å². The number of terminal acetylenes is 1. The van der Waals surface area contributed by atoms with Crippen molar-refractivity contribution in [1.29, 1.82) is 0 Å². The number of aryl methyl sites for hydroxylation is 1. The largest absolute Gasteiger partial charge is 0.345 e. The molecule has 0 aliphatic heterocycles. The van der Waals surface area contributed by atoms with Crippen molar-refractivity contribution in [2.45, 2.75) is 26.7 Å². The molecule has 0 radical (unpaired) electrons. The maximum absolute atomic E-state index is 11.6. The first-order valence-corrected chi connectivity index (χ1v) is 6.94. The molecule has 2 rings (SSSR count). The van der Waals surface area contributed by atoms with Crippen LogP contribution < -0.4 is 5.32 Å². The van der Waals surface area contributed by atoms with E-state index in [1.54, 1.807) is 0 Å². The van der Waals surface area contributed by atoms with Gasteiger partial charge in [-0.25, -0.2) is 4.68 Å². The number of benzene rings is 1. The molecule has 0 unspecified atom stereocenters. The van der Waals surface area contributed by atoms with Crippen molar-refractivity contribution in [2.75, 3.05) is 6.54 Å². The highest BCUT2D eigenvalue weighted by Crippen LogP contribution is 2.19. The van der Waals surface area contributed by atoms with Gasteiger partial charge in [-0.3, -0.25) is 4.79 Å². The standard InChI is InChI=1S/C17H19N3O/c1-4-12-18-17(21)11-10-16-13(2)19-20(14(16)3)15-8-6-5-7-9-15/h1,5-9H,10-12H2,2-3H3,(H,18,21). The summed E-state index contributed by atoms with van der Waals surface area (Å²) in [6.07, 6.45) is 6.21. The first-order chi connectivity index (χ1) is 10.1. The van der Waals surface area contributed by atoms with Gasteiger partial charge in [-0.1, -0.05) is 24.1 Å². The van der Waals surface area contributed by atoms with Crippen molar-refractivity contribution in [3.8, 4) is 18.0 Å². The number of rotatable bonds is 5. The summed E-state index contributed by atoms with van der Waals surface area (Å²) in [5.74, 6) is 2.37. The van der Waals surface area contributed by atoms with Gasteiger partial charge in [-0.2, -0.15) is 5.10 Å². The highest BCUT2D eigenvalue weighted by molar-refractivity contribution is 5.76. The molecule has 21 heavy (non-hydrogen) atoms. The first kappa shape index (κ1) is 14.9. The normalized spacial score (nSPS) is 10.1. The van der Waals surface area contributed by atoms with Crippen LogP contribution in [0.4, 0.5) is 0 Å². The summed E-state index contributed by atoms with van der Waals surface area (Å²) in [5, 5.41) is 7.25. The van der Waals surface area contributed by atoms with Gasteiger partial charge in [0, 0.05) is 12.1 Å². The van der Waals surface area contributed by atoms with Crippen molar-refractivity contribution < 1.29 is 4.79 Å². The number of hydrogen-bond acceptors (Lipinski definition) is 2. The Balaban J connectivity index is 2.13. The van der Waals surface area contributed by atoms with Gasteiger partial charge < -0.3 is 5.32 Å². The molecule has 0 atom stereocenters. The molecular weight excluding hydrogens is 262 g/mol. The summed E-state index contributed by atoms with van der Waals surface area (Å²) in [6.45, 7) is 4.28. The summed E-state index contributed by atoms with van der Waals surface area (Å²) in [5.41, 5.74) is 4.18. The molecular formula is C17H19N3O. The molecule has 0 fully saturated rings. The van der Waals surface area contributed by atoms with Crippen molar-refractivity contribution in [3.63, 3.8) is 0 Å². The third-order valence-electron chi connectivity index (χ3n) is 3.43. The van der Waals surface area contributed by atoms with Gasteiger partial charge in [-0.15, -0.1) is 6.42 Å². The van der Waals surface area contributed by atoms with E-state index in [1.165, 1.54) is 0 Å². The Morgan fingerprint density at radius 1 is 1.33 bits per heavy atom.